The number of nitrogens with one attached hydrogen (secondary N) is 1. The van der Waals surface area contributed by atoms with Crippen LogP contribution in [0.15, 0.2) is 90.1 Å². The molecule has 0 radical (unpaired) electrons. The van der Waals surface area contributed by atoms with Crippen LogP contribution in [0.5, 0.6) is 0 Å². The van der Waals surface area contributed by atoms with E-state index >= 15 is 0 Å². The van der Waals surface area contributed by atoms with Crippen molar-refractivity contribution < 1.29 is 13.2 Å². The number of nitrogens with zero attached hydrogens (tertiary/aromatic N) is 2. The Morgan fingerprint density at radius 3 is 2.18 bits per heavy atom. The van der Waals surface area contributed by atoms with E-state index in [1.807, 2.05) is 54.7 Å². The first-order valence-electron chi connectivity index (χ1n) is 10.9. The second kappa shape index (κ2) is 8.91. The standard InChI is InChI=1S/C27H27N3O3S/c1-27(2,3)21-11-9-19(10-12-21)26(31)29-25-8-6-5-7-24(25)20-17-28-30(18-20)22-13-15-23(16-14-22)34(4,32)33/h5-18H,1-4H3,(H,29,31). The van der Waals surface area contributed by atoms with E-state index < -0.39 is 9.84 Å². The first-order valence-corrected chi connectivity index (χ1v) is 12.8. The van der Waals surface area contributed by atoms with Gasteiger partial charge in [0.2, 0.25) is 0 Å². The fraction of sp³-hybridized carbons (Fsp3) is 0.185. The van der Waals surface area contributed by atoms with Crippen molar-refractivity contribution in [1.29, 1.82) is 0 Å². The second-order valence-electron chi connectivity index (χ2n) is 9.27. The van der Waals surface area contributed by atoms with Gasteiger partial charge < -0.3 is 5.32 Å². The highest BCUT2D eigenvalue weighted by atomic mass is 32.2. The number of carbonyl (C=O) groups is 1. The molecular formula is C27H27N3O3S. The quantitative estimate of drug-likeness (QED) is 0.415. The summed E-state index contributed by atoms with van der Waals surface area (Å²) in [5.41, 5.74) is 4.85. The molecule has 1 N–H and O–H groups in total. The molecule has 174 valence electrons. The molecule has 0 bridgehead atoms. The largest absolute Gasteiger partial charge is 0.321 e. The van der Waals surface area contributed by atoms with E-state index in [-0.39, 0.29) is 16.2 Å². The van der Waals surface area contributed by atoms with Crippen LogP contribution in [0.3, 0.4) is 0 Å². The van der Waals surface area contributed by atoms with E-state index in [1.54, 1.807) is 35.1 Å². The first kappa shape index (κ1) is 23.4. The lowest BCUT2D eigenvalue weighted by Gasteiger charge is -2.19. The van der Waals surface area contributed by atoms with Crippen LogP contribution in [0.25, 0.3) is 16.8 Å². The molecule has 0 spiro atoms. The Hall–Kier alpha value is -3.71. The zero-order valence-electron chi connectivity index (χ0n) is 19.6. The third kappa shape index (κ3) is 5.10. The molecule has 6 nitrogen and oxygen atoms in total. The van der Waals surface area contributed by atoms with E-state index in [0.717, 1.165) is 16.8 Å². The molecule has 0 saturated carbocycles. The van der Waals surface area contributed by atoms with Gasteiger partial charge in [-0.25, -0.2) is 13.1 Å². The van der Waals surface area contributed by atoms with Gasteiger partial charge >= 0.3 is 0 Å². The Balaban J connectivity index is 1.57. The maximum absolute atomic E-state index is 12.9. The molecule has 1 heterocycles. The summed E-state index contributed by atoms with van der Waals surface area (Å²) in [5.74, 6) is -0.184. The van der Waals surface area contributed by atoms with Gasteiger partial charge in [0.05, 0.1) is 16.8 Å². The van der Waals surface area contributed by atoms with Crippen molar-refractivity contribution in [2.75, 3.05) is 11.6 Å². The Morgan fingerprint density at radius 1 is 0.912 bits per heavy atom. The molecule has 0 atom stereocenters. The van der Waals surface area contributed by atoms with Crippen LogP contribution in [0, 0.1) is 0 Å². The van der Waals surface area contributed by atoms with Crippen molar-refractivity contribution in [3.05, 3.63) is 96.3 Å². The molecule has 4 rings (SSSR count). The lowest BCUT2D eigenvalue weighted by Crippen LogP contribution is -2.14. The third-order valence-corrected chi connectivity index (χ3v) is 6.74. The molecule has 0 aliphatic carbocycles. The zero-order chi connectivity index (χ0) is 24.5. The minimum Gasteiger partial charge on any atom is -0.321 e. The number of rotatable bonds is 5. The highest BCUT2D eigenvalue weighted by Crippen LogP contribution is 2.29. The Kier molecular flexibility index (Phi) is 6.15. The number of sulfone groups is 1. The number of hydrogen-bond acceptors (Lipinski definition) is 4. The van der Waals surface area contributed by atoms with Crippen LogP contribution >= 0.6 is 0 Å². The lowest BCUT2D eigenvalue weighted by molar-refractivity contribution is 0.102. The van der Waals surface area contributed by atoms with Crippen molar-refractivity contribution in [2.45, 2.75) is 31.1 Å². The number of benzene rings is 3. The van der Waals surface area contributed by atoms with Gasteiger partial charge in [0.25, 0.3) is 5.91 Å². The van der Waals surface area contributed by atoms with Crippen LogP contribution in [0.2, 0.25) is 0 Å². The first-order chi connectivity index (χ1) is 16.0. The van der Waals surface area contributed by atoms with Crippen molar-refractivity contribution in [3.8, 4) is 16.8 Å². The number of carbonyl (C=O) groups excluding carboxylic acids is 1. The number of aromatic nitrogens is 2. The summed E-state index contributed by atoms with van der Waals surface area (Å²) in [4.78, 5) is 13.2. The zero-order valence-corrected chi connectivity index (χ0v) is 20.4. The average Bonchev–Trinajstić information content (AvgIpc) is 3.28. The molecule has 0 saturated heterocycles. The predicted molar refractivity (Wildman–Crippen MR) is 135 cm³/mol. The number of hydrogen-bond donors (Lipinski definition) is 1. The number of para-hydroxylation sites is 1. The van der Waals surface area contributed by atoms with Crippen molar-refractivity contribution in [2.24, 2.45) is 0 Å². The highest BCUT2D eigenvalue weighted by molar-refractivity contribution is 7.90. The number of amides is 1. The summed E-state index contributed by atoms with van der Waals surface area (Å²) in [5, 5.41) is 7.43. The fourth-order valence-electron chi connectivity index (χ4n) is 3.61. The summed E-state index contributed by atoms with van der Waals surface area (Å²) in [7, 11) is -3.26. The predicted octanol–water partition coefficient (Wildman–Crippen LogP) is 5.49. The molecule has 0 unspecified atom stereocenters. The van der Waals surface area contributed by atoms with Crippen LogP contribution in [0.4, 0.5) is 5.69 Å². The van der Waals surface area contributed by atoms with Gasteiger partial charge in [0, 0.05) is 34.8 Å². The lowest BCUT2D eigenvalue weighted by atomic mass is 9.86. The number of anilines is 1. The normalized spacial score (nSPS) is 11.9. The Morgan fingerprint density at radius 2 is 1.56 bits per heavy atom. The van der Waals surface area contributed by atoms with Gasteiger partial charge in [0.1, 0.15) is 0 Å². The molecule has 4 aromatic rings. The van der Waals surface area contributed by atoms with Gasteiger partial charge in [-0.1, -0.05) is 51.1 Å². The fourth-order valence-corrected chi connectivity index (χ4v) is 4.24. The van der Waals surface area contributed by atoms with Gasteiger partial charge in [-0.2, -0.15) is 5.10 Å². The SMILES string of the molecule is CC(C)(C)c1ccc(C(=O)Nc2ccccc2-c2cnn(-c3ccc(S(C)(=O)=O)cc3)c2)cc1. The summed E-state index contributed by atoms with van der Waals surface area (Å²) in [6.07, 6.45) is 4.74. The van der Waals surface area contributed by atoms with Gasteiger partial charge in [-0.3, -0.25) is 4.79 Å². The van der Waals surface area contributed by atoms with Crippen molar-refractivity contribution >= 4 is 21.4 Å². The Labute approximate surface area is 200 Å². The van der Waals surface area contributed by atoms with Gasteiger partial charge in [-0.05, 0) is 53.4 Å². The van der Waals surface area contributed by atoms with Crippen LogP contribution in [0.1, 0.15) is 36.7 Å². The molecule has 0 aliphatic rings. The molecule has 1 aromatic heterocycles. The Bertz CT molecular complexity index is 1430. The molecule has 1 amide bonds. The molecular weight excluding hydrogens is 446 g/mol. The summed E-state index contributed by atoms with van der Waals surface area (Å²) in [6, 6.07) is 21.8. The minimum atomic E-state index is -3.26. The van der Waals surface area contributed by atoms with E-state index in [9.17, 15) is 13.2 Å². The minimum absolute atomic E-state index is 0.0207. The maximum Gasteiger partial charge on any atom is 0.255 e. The molecule has 34 heavy (non-hydrogen) atoms. The average molecular weight is 474 g/mol. The smallest absolute Gasteiger partial charge is 0.255 e. The van der Waals surface area contributed by atoms with Crippen molar-refractivity contribution in [3.63, 3.8) is 0 Å². The molecule has 3 aromatic carbocycles. The summed E-state index contributed by atoms with van der Waals surface area (Å²) >= 11 is 0. The van der Waals surface area contributed by atoms with E-state index in [1.165, 1.54) is 11.8 Å². The van der Waals surface area contributed by atoms with Crippen LogP contribution in [-0.4, -0.2) is 30.4 Å². The van der Waals surface area contributed by atoms with E-state index in [4.69, 9.17) is 0 Å². The summed E-state index contributed by atoms with van der Waals surface area (Å²) < 4.78 is 25.1. The molecule has 0 fully saturated rings. The summed E-state index contributed by atoms with van der Waals surface area (Å²) in [6.45, 7) is 6.41. The molecule has 7 heteroatoms. The van der Waals surface area contributed by atoms with Crippen LogP contribution < -0.4 is 5.32 Å². The van der Waals surface area contributed by atoms with Crippen LogP contribution in [-0.2, 0) is 15.3 Å². The monoisotopic (exact) mass is 473 g/mol. The van der Waals surface area contributed by atoms with Crippen molar-refractivity contribution in [1.82, 2.24) is 9.78 Å². The van der Waals surface area contributed by atoms with E-state index in [0.29, 0.717) is 11.3 Å². The maximum atomic E-state index is 12.9. The molecule has 0 aliphatic heterocycles. The third-order valence-electron chi connectivity index (χ3n) is 5.61. The highest BCUT2D eigenvalue weighted by Gasteiger charge is 2.16. The van der Waals surface area contributed by atoms with Gasteiger partial charge in [-0.15, -0.1) is 0 Å². The van der Waals surface area contributed by atoms with Gasteiger partial charge in [0.15, 0.2) is 9.84 Å². The topological polar surface area (TPSA) is 81.1 Å². The second-order valence-corrected chi connectivity index (χ2v) is 11.3. The van der Waals surface area contributed by atoms with E-state index in [2.05, 4.69) is 31.2 Å².